The van der Waals surface area contributed by atoms with Gasteiger partial charge in [-0.15, -0.1) is 5.10 Å². The van der Waals surface area contributed by atoms with E-state index in [2.05, 4.69) is 39.5 Å². The topological polar surface area (TPSA) is 50.3 Å². The Hall–Kier alpha value is -2.87. The lowest BCUT2D eigenvalue weighted by Crippen LogP contribution is -2.43. The van der Waals surface area contributed by atoms with Gasteiger partial charge in [-0.25, -0.2) is 0 Å². The molecular formula is C24H27F3N4O. The van der Waals surface area contributed by atoms with E-state index in [-0.39, 0.29) is 17.6 Å². The Labute approximate surface area is 185 Å². The molecule has 32 heavy (non-hydrogen) atoms. The Morgan fingerprint density at radius 2 is 1.91 bits per heavy atom. The highest BCUT2D eigenvalue weighted by molar-refractivity contribution is 5.95. The van der Waals surface area contributed by atoms with Gasteiger partial charge in [0.15, 0.2) is 5.82 Å². The quantitative estimate of drug-likeness (QED) is 0.562. The van der Waals surface area contributed by atoms with Crippen LogP contribution in [0.15, 0.2) is 36.4 Å². The molecule has 0 spiro atoms. The van der Waals surface area contributed by atoms with Gasteiger partial charge >= 0.3 is 6.18 Å². The third-order valence-electron chi connectivity index (χ3n) is 6.15. The van der Waals surface area contributed by atoms with Gasteiger partial charge in [0.05, 0.1) is 30.5 Å². The van der Waals surface area contributed by atoms with Crippen LogP contribution in [0.25, 0.3) is 10.8 Å². The number of rotatable bonds is 4. The number of morpholine rings is 1. The van der Waals surface area contributed by atoms with Gasteiger partial charge < -0.3 is 15.0 Å². The van der Waals surface area contributed by atoms with Crippen molar-refractivity contribution in [1.82, 2.24) is 10.2 Å². The van der Waals surface area contributed by atoms with Gasteiger partial charge in [0.2, 0.25) is 0 Å². The van der Waals surface area contributed by atoms with Gasteiger partial charge in [0, 0.05) is 29.0 Å². The maximum Gasteiger partial charge on any atom is 0.416 e. The standard InChI is InChI=1S/C24H27F3N4O/c1-14-13-32-11-10-31(14)18-8-9-20-17(4)29-30-23(21(20)12-18)28-16(3)19-6-5-7-22(15(19)2)24(25,26)27/h5-9,12,14,16H,10-11,13H2,1-4H3,(H,28,30)/t14-,16?/m0/s1. The van der Waals surface area contributed by atoms with Crippen LogP contribution in [0.3, 0.4) is 0 Å². The number of nitrogens with one attached hydrogen (secondary N) is 1. The molecule has 5 nitrogen and oxygen atoms in total. The summed E-state index contributed by atoms with van der Waals surface area (Å²) in [5.74, 6) is 0.553. The van der Waals surface area contributed by atoms with Crippen molar-refractivity contribution < 1.29 is 17.9 Å². The molecule has 4 rings (SSSR count). The van der Waals surface area contributed by atoms with Crippen LogP contribution in [0.5, 0.6) is 0 Å². The highest BCUT2D eigenvalue weighted by Crippen LogP contribution is 2.36. The fourth-order valence-corrected chi connectivity index (χ4v) is 4.38. The molecule has 0 aliphatic carbocycles. The Balaban J connectivity index is 1.72. The number of hydrogen-bond donors (Lipinski definition) is 1. The molecule has 170 valence electrons. The minimum Gasteiger partial charge on any atom is -0.377 e. The third-order valence-corrected chi connectivity index (χ3v) is 6.15. The molecule has 2 aromatic carbocycles. The summed E-state index contributed by atoms with van der Waals surface area (Å²) in [5, 5.41) is 13.8. The molecular weight excluding hydrogens is 417 g/mol. The molecule has 1 saturated heterocycles. The summed E-state index contributed by atoms with van der Waals surface area (Å²) >= 11 is 0. The fourth-order valence-electron chi connectivity index (χ4n) is 4.38. The third kappa shape index (κ3) is 4.24. The van der Waals surface area contributed by atoms with Gasteiger partial charge in [0.25, 0.3) is 0 Å². The molecule has 1 aliphatic heterocycles. The predicted molar refractivity (Wildman–Crippen MR) is 120 cm³/mol. The van der Waals surface area contributed by atoms with Crippen molar-refractivity contribution in [2.24, 2.45) is 0 Å². The number of ether oxygens (including phenoxy) is 1. The highest BCUT2D eigenvalue weighted by atomic mass is 19.4. The van der Waals surface area contributed by atoms with Gasteiger partial charge in [-0.2, -0.15) is 18.3 Å². The van der Waals surface area contributed by atoms with Crippen molar-refractivity contribution in [3.8, 4) is 0 Å². The van der Waals surface area contributed by atoms with Crippen molar-refractivity contribution in [1.29, 1.82) is 0 Å². The maximum atomic E-state index is 13.4. The number of alkyl halides is 3. The van der Waals surface area contributed by atoms with Crippen molar-refractivity contribution >= 4 is 22.3 Å². The van der Waals surface area contributed by atoms with Crippen LogP contribution >= 0.6 is 0 Å². The van der Waals surface area contributed by atoms with Crippen molar-refractivity contribution in [3.05, 3.63) is 58.8 Å². The van der Waals surface area contributed by atoms with E-state index in [0.29, 0.717) is 24.6 Å². The summed E-state index contributed by atoms with van der Waals surface area (Å²) in [6.07, 6.45) is -4.39. The first-order chi connectivity index (χ1) is 15.2. The number of halogens is 3. The molecule has 1 unspecified atom stereocenters. The lowest BCUT2D eigenvalue weighted by Gasteiger charge is -2.35. The first-order valence-corrected chi connectivity index (χ1v) is 10.7. The van der Waals surface area contributed by atoms with E-state index in [1.807, 2.05) is 19.9 Å². The van der Waals surface area contributed by atoms with Crippen LogP contribution in [0.1, 0.15) is 42.3 Å². The van der Waals surface area contributed by atoms with Crippen LogP contribution in [-0.4, -0.2) is 36.0 Å². The molecule has 1 aromatic heterocycles. The van der Waals surface area contributed by atoms with Crippen LogP contribution < -0.4 is 10.2 Å². The van der Waals surface area contributed by atoms with Crippen LogP contribution in [0.4, 0.5) is 24.7 Å². The van der Waals surface area contributed by atoms with Crippen molar-refractivity contribution in [2.75, 3.05) is 30.0 Å². The zero-order valence-electron chi connectivity index (χ0n) is 18.6. The molecule has 2 heterocycles. The van der Waals surface area contributed by atoms with E-state index < -0.39 is 11.7 Å². The van der Waals surface area contributed by atoms with Gasteiger partial charge in [-0.1, -0.05) is 18.2 Å². The molecule has 0 saturated carbocycles. The van der Waals surface area contributed by atoms with E-state index in [1.54, 1.807) is 6.07 Å². The fraction of sp³-hybridized carbons (Fsp3) is 0.417. The minimum absolute atomic E-state index is 0.215. The largest absolute Gasteiger partial charge is 0.416 e. The lowest BCUT2D eigenvalue weighted by atomic mass is 9.97. The number of hydrogen-bond acceptors (Lipinski definition) is 5. The van der Waals surface area contributed by atoms with E-state index in [1.165, 1.54) is 13.0 Å². The molecule has 1 aliphatic rings. The summed E-state index contributed by atoms with van der Waals surface area (Å²) in [6, 6.07) is 10.3. The second-order valence-electron chi connectivity index (χ2n) is 8.36. The number of nitrogens with zero attached hydrogens (tertiary/aromatic N) is 3. The summed E-state index contributed by atoms with van der Waals surface area (Å²) in [7, 11) is 0. The van der Waals surface area contributed by atoms with Gasteiger partial charge in [0.1, 0.15) is 0 Å². The molecule has 0 radical (unpaired) electrons. The first kappa shape index (κ1) is 22.3. The second-order valence-corrected chi connectivity index (χ2v) is 8.36. The van der Waals surface area contributed by atoms with E-state index in [0.717, 1.165) is 34.8 Å². The summed E-state index contributed by atoms with van der Waals surface area (Å²) < 4.78 is 45.7. The Kier molecular flexibility index (Phi) is 5.99. The predicted octanol–water partition coefficient (Wildman–Crippen LogP) is 5.66. The maximum absolute atomic E-state index is 13.4. The second kappa shape index (κ2) is 8.58. The molecule has 1 fully saturated rings. The monoisotopic (exact) mass is 444 g/mol. The first-order valence-electron chi connectivity index (χ1n) is 10.7. The lowest BCUT2D eigenvalue weighted by molar-refractivity contribution is -0.138. The molecule has 0 amide bonds. The normalized spacial score (nSPS) is 18.1. The van der Waals surface area contributed by atoms with E-state index in [4.69, 9.17) is 4.74 Å². The van der Waals surface area contributed by atoms with Gasteiger partial charge in [-0.05, 0) is 57.0 Å². The van der Waals surface area contributed by atoms with Crippen LogP contribution in [0, 0.1) is 13.8 Å². The Morgan fingerprint density at radius 1 is 1.12 bits per heavy atom. The van der Waals surface area contributed by atoms with Crippen LogP contribution in [0.2, 0.25) is 0 Å². The zero-order chi connectivity index (χ0) is 23.0. The Morgan fingerprint density at radius 3 is 2.62 bits per heavy atom. The summed E-state index contributed by atoms with van der Waals surface area (Å²) in [5.41, 5.74) is 2.04. The summed E-state index contributed by atoms with van der Waals surface area (Å²) in [4.78, 5) is 2.29. The molecule has 8 heteroatoms. The minimum atomic E-state index is -4.39. The average molecular weight is 445 g/mol. The van der Waals surface area contributed by atoms with Crippen molar-refractivity contribution in [3.63, 3.8) is 0 Å². The number of aryl methyl sites for hydroxylation is 1. The van der Waals surface area contributed by atoms with E-state index >= 15 is 0 Å². The number of anilines is 2. The Bertz CT molecular complexity index is 1130. The van der Waals surface area contributed by atoms with Crippen LogP contribution in [-0.2, 0) is 10.9 Å². The molecule has 0 bridgehead atoms. The smallest absolute Gasteiger partial charge is 0.377 e. The highest BCUT2D eigenvalue weighted by Gasteiger charge is 2.33. The average Bonchev–Trinajstić information content (AvgIpc) is 2.75. The number of fused-ring (bicyclic) bond motifs is 1. The number of aromatic nitrogens is 2. The summed E-state index contributed by atoms with van der Waals surface area (Å²) in [6.45, 7) is 9.51. The molecule has 2 atom stereocenters. The number of benzene rings is 2. The SMILES string of the molecule is Cc1c(C(C)Nc2nnc(C)c3ccc(N4CCOC[C@@H]4C)cc23)cccc1C(F)(F)F. The van der Waals surface area contributed by atoms with Gasteiger partial charge in [-0.3, -0.25) is 0 Å². The van der Waals surface area contributed by atoms with E-state index in [9.17, 15) is 13.2 Å². The zero-order valence-corrected chi connectivity index (χ0v) is 18.6. The molecule has 1 N–H and O–H groups in total. The van der Waals surface area contributed by atoms with Crippen molar-refractivity contribution in [2.45, 2.75) is 46.0 Å². The molecule has 3 aromatic rings.